The van der Waals surface area contributed by atoms with Crippen LogP contribution in [0.25, 0.3) is 6.08 Å². The Morgan fingerprint density at radius 2 is 1.96 bits per heavy atom. The fraction of sp³-hybridized carbons (Fsp3) is 0.556. The third kappa shape index (κ3) is 4.15. The van der Waals surface area contributed by atoms with Gasteiger partial charge in [0.1, 0.15) is 17.1 Å². The van der Waals surface area contributed by atoms with E-state index in [-0.39, 0.29) is 16.4 Å². The van der Waals surface area contributed by atoms with Crippen molar-refractivity contribution < 1.29 is 13.7 Å². The van der Waals surface area contributed by atoms with E-state index in [1.165, 1.54) is 0 Å². The first-order chi connectivity index (χ1) is 10.5. The third-order valence-corrected chi connectivity index (χ3v) is 5.39. The maximum absolute atomic E-state index is 12.3. The van der Waals surface area contributed by atoms with Crippen molar-refractivity contribution in [1.82, 2.24) is 4.72 Å². The molecule has 0 saturated heterocycles. The number of benzene rings is 1. The van der Waals surface area contributed by atoms with Crippen LogP contribution in [-0.2, 0) is 11.0 Å². The minimum absolute atomic E-state index is 0.0985. The molecule has 0 radical (unpaired) electrons. The van der Waals surface area contributed by atoms with Gasteiger partial charge in [0.05, 0.1) is 22.8 Å². The predicted octanol–water partition coefficient (Wildman–Crippen LogP) is 3.99. The number of rotatable bonds is 4. The Labute approximate surface area is 141 Å². The van der Waals surface area contributed by atoms with E-state index >= 15 is 0 Å². The smallest absolute Gasteiger partial charge is 0.131 e. The molecule has 1 aromatic carbocycles. The van der Waals surface area contributed by atoms with Crippen molar-refractivity contribution in [2.24, 2.45) is 0 Å². The second kappa shape index (κ2) is 6.29. The molecular weight excluding hydrogens is 310 g/mol. The zero-order chi connectivity index (χ0) is 17.4. The van der Waals surface area contributed by atoms with Crippen LogP contribution in [0.1, 0.15) is 58.7 Å². The summed E-state index contributed by atoms with van der Waals surface area (Å²) in [5, 5.41) is 0. The van der Waals surface area contributed by atoms with Gasteiger partial charge in [-0.2, -0.15) is 0 Å². The van der Waals surface area contributed by atoms with E-state index in [0.717, 1.165) is 22.6 Å². The number of methoxy groups -OCH3 is 1. The Morgan fingerprint density at radius 3 is 2.52 bits per heavy atom. The standard InChI is InChI=1S/C18H27NO3S/c1-12(19-23(20)17(2,3)4)14-10-13-8-9-18(5,6)22-15(13)11-16(14)21-7/h8-12,19H,1-7H3/t12-,23?/m0/s1. The van der Waals surface area contributed by atoms with Crippen molar-refractivity contribution >= 4 is 17.1 Å². The molecule has 1 heterocycles. The van der Waals surface area contributed by atoms with Crippen LogP contribution in [-0.4, -0.2) is 21.7 Å². The third-order valence-electron chi connectivity index (χ3n) is 3.71. The van der Waals surface area contributed by atoms with Crippen LogP contribution in [0.5, 0.6) is 11.5 Å². The topological polar surface area (TPSA) is 47.6 Å². The van der Waals surface area contributed by atoms with Crippen molar-refractivity contribution in [3.05, 3.63) is 29.3 Å². The molecular formula is C18H27NO3S. The van der Waals surface area contributed by atoms with Gasteiger partial charge in [-0.05, 0) is 53.7 Å². The Kier molecular flexibility index (Phi) is 4.92. The first kappa shape index (κ1) is 18.0. The van der Waals surface area contributed by atoms with E-state index < -0.39 is 11.0 Å². The van der Waals surface area contributed by atoms with Gasteiger partial charge in [0.15, 0.2) is 0 Å². The average Bonchev–Trinajstić information content (AvgIpc) is 2.43. The molecule has 1 unspecified atom stereocenters. The molecule has 1 aliphatic heterocycles. The highest BCUT2D eigenvalue weighted by Gasteiger charge is 2.26. The Balaban J connectivity index is 2.34. The zero-order valence-corrected chi connectivity index (χ0v) is 15.8. The second-order valence-electron chi connectivity index (χ2n) is 7.39. The molecule has 2 rings (SSSR count). The lowest BCUT2D eigenvalue weighted by molar-refractivity contribution is 0.158. The maximum Gasteiger partial charge on any atom is 0.131 e. The van der Waals surface area contributed by atoms with Gasteiger partial charge in [-0.3, -0.25) is 0 Å². The molecule has 4 nitrogen and oxygen atoms in total. The van der Waals surface area contributed by atoms with Crippen LogP contribution in [0.4, 0.5) is 0 Å². The zero-order valence-electron chi connectivity index (χ0n) is 15.0. The van der Waals surface area contributed by atoms with Crippen molar-refractivity contribution in [3.8, 4) is 11.5 Å². The molecule has 0 amide bonds. The van der Waals surface area contributed by atoms with E-state index in [4.69, 9.17) is 9.47 Å². The van der Waals surface area contributed by atoms with E-state index in [1.54, 1.807) is 7.11 Å². The Morgan fingerprint density at radius 1 is 1.30 bits per heavy atom. The molecule has 2 atom stereocenters. The maximum atomic E-state index is 12.3. The normalized spacial score (nSPS) is 18.7. The van der Waals surface area contributed by atoms with E-state index in [2.05, 4.69) is 10.8 Å². The number of ether oxygens (including phenoxy) is 2. The van der Waals surface area contributed by atoms with Crippen molar-refractivity contribution in [2.45, 2.75) is 57.9 Å². The summed E-state index contributed by atoms with van der Waals surface area (Å²) in [6, 6.07) is 3.85. The molecule has 0 aliphatic carbocycles. The lowest BCUT2D eigenvalue weighted by atomic mass is 9.98. The average molecular weight is 337 g/mol. The van der Waals surface area contributed by atoms with Gasteiger partial charge in [-0.1, -0.05) is 6.08 Å². The molecule has 0 spiro atoms. The summed E-state index contributed by atoms with van der Waals surface area (Å²) in [4.78, 5) is 0. The SMILES string of the molecule is COc1cc2c(cc1[C@H](C)NS(=O)C(C)(C)C)C=CC(C)(C)O2. The summed E-state index contributed by atoms with van der Waals surface area (Å²) in [7, 11) is 0.494. The number of fused-ring (bicyclic) bond motifs is 1. The van der Waals surface area contributed by atoms with Crippen LogP contribution in [0.15, 0.2) is 18.2 Å². The summed E-state index contributed by atoms with van der Waals surface area (Å²) < 4.78 is 26.7. The number of hydrogen-bond donors (Lipinski definition) is 1. The summed E-state index contributed by atoms with van der Waals surface area (Å²) in [6.45, 7) is 11.9. The molecule has 0 saturated carbocycles. The first-order valence-corrected chi connectivity index (χ1v) is 8.97. The van der Waals surface area contributed by atoms with Gasteiger partial charge >= 0.3 is 0 Å². The van der Waals surface area contributed by atoms with Crippen molar-refractivity contribution in [1.29, 1.82) is 0 Å². The molecule has 0 bridgehead atoms. The minimum atomic E-state index is -1.15. The van der Waals surface area contributed by atoms with Gasteiger partial charge in [-0.25, -0.2) is 8.93 Å². The van der Waals surface area contributed by atoms with Gasteiger partial charge in [0, 0.05) is 23.2 Å². The summed E-state index contributed by atoms with van der Waals surface area (Å²) >= 11 is 0. The van der Waals surface area contributed by atoms with Crippen LogP contribution in [0, 0.1) is 0 Å². The van der Waals surface area contributed by atoms with Gasteiger partial charge < -0.3 is 9.47 Å². The number of hydrogen-bond acceptors (Lipinski definition) is 3. The highest BCUT2D eigenvalue weighted by molar-refractivity contribution is 7.84. The molecule has 23 heavy (non-hydrogen) atoms. The first-order valence-electron chi connectivity index (χ1n) is 7.82. The monoisotopic (exact) mass is 337 g/mol. The molecule has 1 N–H and O–H groups in total. The molecule has 1 aliphatic rings. The molecule has 128 valence electrons. The van der Waals surface area contributed by atoms with Gasteiger partial charge in [0.25, 0.3) is 0 Å². The lowest BCUT2D eigenvalue weighted by Crippen LogP contribution is -2.35. The molecule has 1 aromatic rings. The highest BCUT2D eigenvalue weighted by atomic mass is 32.2. The van der Waals surface area contributed by atoms with E-state index in [0.29, 0.717) is 0 Å². The Bertz CT molecular complexity index is 644. The van der Waals surface area contributed by atoms with Gasteiger partial charge in [0.2, 0.25) is 0 Å². The molecule has 5 heteroatoms. The molecule has 0 fully saturated rings. The highest BCUT2D eigenvalue weighted by Crippen LogP contribution is 2.38. The van der Waals surface area contributed by atoms with Crippen LogP contribution >= 0.6 is 0 Å². The van der Waals surface area contributed by atoms with E-state index in [9.17, 15) is 4.21 Å². The molecule has 0 aromatic heterocycles. The van der Waals surface area contributed by atoms with Crippen molar-refractivity contribution in [3.63, 3.8) is 0 Å². The van der Waals surface area contributed by atoms with Crippen LogP contribution < -0.4 is 14.2 Å². The number of nitrogens with one attached hydrogen (secondary N) is 1. The predicted molar refractivity (Wildman–Crippen MR) is 96.2 cm³/mol. The van der Waals surface area contributed by atoms with Crippen LogP contribution in [0.2, 0.25) is 0 Å². The Hall–Kier alpha value is -1.33. The second-order valence-corrected chi connectivity index (χ2v) is 9.39. The van der Waals surface area contributed by atoms with Gasteiger partial charge in [-0.15, -0.1) is 0 Å². The quantitative estimate of drug-likeness (QED) is 0.903. The minimum Gasteiger partial charge on any atom is -0.496 e. The lowest BCUT2D eigenvalue weighted by Gasteiger charge is -2.29. The summed E-state index contributed by atoms with van der Waals surface area (Å²) in [5.41, 5.74) is 1.66. The van der Waals surface area contributed by atoms with Crippen molar-refractivity contribution in [2.75, 3.05) is 7.11 Å². The van der Waals surface area contributed by atoms with E-state index in [1.807, 2.05) is 59.8 Å². The largest absolute Gasteiger partial charge is 0.496 e. The fourth-order valence-corrected chi connectivity index (χ4v) is 3.14. The van der Waals surface area contributed by atoms with Crippen LogP contribution in [0.3, 0.4) is 0 Å². The fourth-order valence-electron chi connectivity index (χ4n) is 2.34. The summed E-state index contributed by atoms with van der Waals surface area (Å²) in [5.74, 6) is 1.54. The summed E-state index contributed by atoms with van der Waals surface area (Å²) in [6.07, 6.45) is 4.10.